The third-order valence-corrected chi connectivity index (χ3v) is 7.67. The van der Waals surface area contributed by atoms with Crippen LogP contribution in [-0.4, -0.2) is 10.9 Å². The number of benzene rings is 4. The monoisotopic (exact) mass is 515 g/mol. The Morgan fingerprint density at radius 2 is 0.970 bits per heavy atom. The molecule has 1 aliphatic rings. The van der Waals surface area contributed by atoms with E-state index in [9.17, 15) is 14.0 Å². The maximum atomic E-state index is 13.5. The molecule has 2 nitrogen and oxygen atoms in total. The van der Waals surface area contributed by atoms with Gasteiger partial charge in [-0.2, -0.15) is 0 Å². The molecule has 1 aliphatic carbocycles. The second-order valence-corrected chi connectivity index (χ2v) is 10.3. The molecule has 4 aromatic rings. The van der Waals surface area contributed by atoms with Gasteiger partial charge in [-0.05, 0) is 71.8 Å². The molecule has 4 aromatic carbocycles. The molecule has 0 saturated heterocycles. The summed E-state index contributed by atoms with van der Waals surface area (Å²) in [5.74, 6) is -0.923. The molecule has 0 unspecified atom stereocenters. The van der Waals surface area contributed by atoms with E-state index in [-0.39, 0.29) is 10.0 Å². The lowest BCUT2D eigenvalue weighted by Gasteiger charge is -2.06. The fourth-order valence-electron chi connectivity index (χ4n) is 3.64. The largest absolute Gasteiger partial charge is 0.410 e. The Morgan fingerprint density at radius 1 is 0.576 bits per heavy atom. The van der Waals surface area contributed by atoms with Crippen molar-refractivity contribution >= 4 is 52.4 Å². The fourth-order valence-corrected chi connectivity index (χ4v) is 5.93. The molecule has 0 radical (unpaired) electrons. The van der Waals surface area contributed by atoms with Gasteiger partial charge in [-0.25, -0.2) is 8.78 Å². The van der Waals surface area contributed by atoms with E-state index >= 15 is 0 Å². The number of hydrogen-bond acceptors (Lipinski definition) is 4. The maximum absolute atomic E-state index is 13.5. The van der Waals surface area contributed by atoms with Gasteiger partial charge < -0.3 is 5.21 Å². The van der Waals surface area contributed by atoms with E-state index in [2.05, 4.69) is 5.16 Å². The van der Waals surface area contributed by atoms with Gasteiger partial charge in [-0.1, -0.05) is 64.0 Å². The van der Waals surface area contributed by atoms with Crippen LogP contribution < -0.4 is 0 Å². The zero-order valence-electron chi connectivity index (χ0n) is 16.7. The van der Waals surface area contributed by atoms with Crippen molar-refractivity contribution in [3.05, 3.63) is 106 Å². The van der Waals surface area contributed by atoms with E-state index in [0.717, 1.165) is 41.8 Å². The van der Waals surface area contributed by atoms with Gasteiger partial charge >= 0.3 is 0 Å². The highest BCUT2D eigenvalue weighted by Crippen LogP contribution is 2.42. The first-order valence-corrected chi connectivity index (χ1v) is 12.1. The summed E-state index contributed by atoms with van der Waals surface area (Å²) in [6.07, 6.45) is 0. The van der Waals surface area contributed by atoms with E-state index in [0.29, 0.717) is 5.71 Å². The number of hydrogen-bond donors (Lipinski definition) is 1. The molecular weight excluding hydrogens is 503 g/mol. The van der Waals surface area contributed by atoms with Gasteiger partial charge in [-0.3, -0.25) is 0 Å². The van der Waals surface area contributed by atoms with Crippen molar-refractivity contribution in [2.75, 3.05) is 0 Å². The standard InChI is InChI=1S/C25H13Cl2F2NOS2/c26-21-11-15(3-7-23(21)28)32-13-1-5-17-18-6-2-14(10-20(18)25(30-31)19(17)9-13)33-16-4-8-24(29)22(27)12-16/h1-12,31H. The molecule has 0 aromatic heterocycles. The van der Waals surface area contributed by atoms with Gasteiger partial charge in [0.1, 0.15) is 17.3 Å². The van der Waals surface area contributed by atoms with E-state index in [4.69, 9.17) is 23.2 Å². The van der Waals surface area contributed by atoms with Crippen molar-refractivity contribution in [2.24, 2.45) is 5.16 Å². The van der Waals surface area contributed by atoms with Crippen LogP contribution in [0.3, 0.4) is 0 Å². The molecule has 0 aliphatic heterocycles. The molecule has 0 saturated carbocycles. The predicted octanol–water partition coefficient (Wildman–Crippen LogP) is 8.78. The van der Waals surface area contributed by atoms with Crippen molar-refractivity contribution in [2.45, 2.75) is 19.6 Å². The van der Waals surface area contributed by atoms with E-state index in [1.54, 1.807) is 24.3 Å². The zero-order chi connectivity index (χ0) is 23.1. The Kier molecular flexibility index (Phi) is 6.10. The Morgan fingerprint density at radius 3 is 1.36 bits per heavy atom. The van der Waals surface area contributed by atoms with Crippen LogP contribution in [0.4, 0.5) is 8.78 Å². The minimum atomic E-state index is -0.461. The number of rotatable bonds is 4. The summed E-state index contributed by atoms with van der Waals surface area (Å²) in [5.41, 5.74) is 4.00. The quantitative estimate of drug-likeness (QED) is 0.191. The molecule has 33 heavy (non-hydrogen) atoms. The van der Waals surface area contributed by atoms with Crippen LogP contribution in [0.2, 0.25) is 10.0 Å². The van der Waals surface area contributed by atoms with Crippen LogP contribution in [0.25, 0.3) is 11.1 Å². The predicted molar refractivity (Wildman–Crippen MR) is 130 cm³/mol. The summed E-state index contributed by atoms with van der Waals surface area (Å²) in [5, 5.41) is 13.5. The maximum Gasteiger partial charge on any atom is 0.141 e. The summed E-state index contributed by atoms with van der Waals surface area (Å²) in [7, 11) is 0. The Hall–Kier alpha value is -2.51. The average Bonchev–Trinajstić information content (AvgIpc) is 3.11. The Labute approximate surface area is 207 Å². The second-order valence-electron chi connectivity index (χ2n) is 7.22. The number of halogens is 4. The first-order chi connectivity index (χ1) is 15.9. The SMILES string of the molecule is ON=C1c2cc(Sc3ccc(F)c(Cl)c3)ccc2-c2ccc(Sc3ccc(F)c(Cl)c3)cc21. The molecule has 0 bridgehead atoms. The summed E-state index contributed by atoms with van der Waals surface area (Å²) in [6.45, 7) is 0. The molecule has 0 amide bonds. The number of fused-ring (bicyclic) bond motifs is 3. The Balaban J connectivity index is 1.46. The molecule has 164 valence electrons. The third kappa shape index (κ3) is 4.36. The minimum Gasteiger partial charge on any atom is -0.410 e. The normalized spacial score (nSPS) is 11.9. The first kappa shape index (κ1) is 22.3. The van der Waals surface area contributed by atoms with Crippen LogP contribution in [0, 0.1) is 11.6 Å². The first-order valence-electron chi connectivity index (χ1n) is 9.70. The summed E-state index contributed by atoms with van der Waals surface area (Å²) < 4.78 is 26.9. The van der Waals surface area contributed by atoms with Gasteiger partial charge in [0.2, 0.25) is 0 Å². The topological polar surface area (TPSA) is 32.6 Å². The van der Waals surface area contributed by atoms with Gasteiger partial charge in [0.25, 0.3) is 0 Å². The van der Waals surface area contributed by atoms with E-state index in [1.807, 2.05) is 36.4 Å². The summed E-state index contributed by atoms with van der Waals surface area (Å²) >= 11 is 14.7. The van der Waals surface area contributed by atoms with Crippen LogP contribution in [0.5, 0.6) is 0 Å². The molecule has 0 spiro atoms. The van der Waals surface area contributed by atoms with Crippen molar-refractivity contribution in [1.82, 2.24) is 0 Å². The molecule has 0 fully saturated rings. The lowest BCUT2D eigenvalue weighted by Crippen LogP contribution is -1.98. The fraction of sp³-hybridized carbons (Fsp3) is 0. The molecule has 0 heterocycles. The summed E-state index contributed by atoms with van der Waals surface area (Å²) in [6, 6.07) is 20.9. The third-order valence-electron chi connectivity index (χ3n) is 5.14. The van der Waals surface area contributed by atoms with Crippen LogP contribution in [-0.2, 0) is 0 Å². The number of oxime groups is 1. The van der Waals surface area contributed by atoms with Gasteiger partial charge in [-0.15, -0.1) is 0 Å². The average molecular weight is 516 g/mol. The second kappa shape index (κ2) is 9.03. The van der Waals surface area contributed by atoms with Crippen molar-refractivity contribution in [3.8, 4) is 11.1 Å². The Bertz CT molecular complexity index is 1340. The smallest absolute Gasteiger partial charge is 0.141 e. The van der Waals surface area contributed by atoms with Gasteiger partial charge in [0.05, 0.1) is 10.0 Å². The van der Waals surface area contributed by atoms with Crippen molar-refractivity contribution < 1.29 is 14.0 Å². The summed E-state index contributed by atoms with van der Waals surface area (Å²) in [4.78, 5) is 3.41. The highest BCUT2D eigenvalue weighted by atomic mass is 35.5. The molecule has 5 rings (SSSR count). The highest BCUT2D eigenvalue weighted by Gasteiger charge is 2.26. The van der Waals surface area contributed by atoms with Crippen molar-refractivity contribution in [3.63, 3.8) is 0 Å². The van der Waals surface area contributed by atoms with Gasteiger partial charge in [0, 0.05) is 30.7 Å². The van der Waals surface area contributed by atoms with Gasteiger partial charge in [0.15, 0.2) is 0 Å². The molecule has 0 atom stereocenters. The highest BCUT2D eigenvalue weighted by molar-refractivity contribution is 7.99. The van der Waals surface area contributed by atoms with Crippen molar-refractivity contribution in [1.29, 1.82) is 0 Å². The van der Waals surface area contributed by atoms with Crippen LogP contribution in [0.1, 0.15) is 11.1 Å². The van der Waals surface area contributed by atoms with E-state index in [1.165, 1.54) is 35.7 Å². The number of nitrogens with zero attached hydrogens (tertiary/aromatic N) is 1. The molecule has 8 heteroatoms. The zero-order valence-corrected chi connectivity index (χ0v) is 19.8. The van der Waals surface area contributed by atoms with Crippen LogP contribution >= 0.6 is 46.7 Å². The molecular formula is C25H13Cl2F2NOS2. The lowest BCUT2D eigenvalue weighted by molar-refractivity contribution is 0.320. The minimum absolute atomic E-state index is 0.0682. The lowest BCUT2D eigenvalue weighted by atomic mass is 10.1. The molecule has 1 N–H and O–H groups in total. The van der Waals surface area contributed by atoms with Crippen LogP contribution in [0.15, 0.2) is 97.5 Å². The van der Waals surface area contributed by atoms with E-state index < -0.39 is 11.6 Å².